The Morgan fingerprint density at radius 1 is 1.05 bits per heavy atom. The number of carbonyl (C=O) groups is 1. The van der Waals surface area contributed by atoms with Crippen molar-refractivity contribution in [3.63, 3.8) is 0 Å². The van der Waals surface area contributed by atoms with E-state index >= 15 is 0 Å². The summed E-state index contributed by atoms with van der Waals surface area (Å²) in [5.74, 6) is 0.0754. The molecule has 2 N–H and O–H groups in total. The molecule has 2 saturated carbocycles. The van der Waals surface area contributed by atoms with E-state index < -0.39 is 30.6 Å². The molecule has 4 rings (SSSR count). The second-order valence-corrected chi connectivity index (χ2v) is 17.4. The van der Waals surface area contributed by atoms with Gasteiger partial charge >= 0.3 is 0 Å². The van der Waals surface area contributed by atoms with Crippen LogP contribution < -0.4 is 10.0 Å². The first-order valence-electron chi connectivity index (χ1n) is 13.1. The molecule has 216 valence electrons. The highest BCUT2D eigenvalue weighted by Crippen LogP contribution is 2.43. The summed E-state index contributed by atoms with van der Waals surface area (Å²) in [5.41, 5.74) is 0.558. The Balaban J connectivity index is 1.65. The zero-order valence-corrected chi connectivity index (χ0v) is 26.5. The Labute approximate surface area is 245 Å². The summed E-state index contributed by atoms with van der Waals surface area (Å²) in [6, 6.07) is 2.83. The van der Waals surface area contributed by atoms with E-state index in [0.29, 0.717) is 35.6 Å². The number of carbonyl (C=O) groups excluding carboxylic acids is 1. The Bertz CT molecular complexity index is 1450. The normalized spacial score (nSPS) is 21.0. The van der Waals surface area contributed by atoms with Crippen molar-refractivity contribution in [3.8, 4) is 10.4 Å². The fourth-order valence-electron chi connectivity index (χ4n) is 5.12. The number of halogens is 2. The molecule has 1 aromatic carbocycles. The van der Waals surface area contributed by atoms with Gasteiger partial charge in [0, 0.05) is 23.4 Å². The van der Waals surface area contributed by atoms with E-state index in [4.69, 9.17) is 28.2 Å². The number of aromatic nitrogens is 1. The molecule has 0 saturated heterocycles. The van der Waals surface area contributed by atoms with Crippen LogP contribution in [-0.2, 0) is 26.3 Å². The topological polar surface area (TPSA) is 122 Å². The molecule has 1 heterocycles. The number of thiazole rings is 1. The van der Waals surface area contributed by atoms with Gasteiger partial charge in [0.1, 0.15) is 14.7 Å². The van der Waals surface area contributed by atoms with Gasteiger partial charge in [-0.2, -0.15) is 0 Å². The first kappa shape index (κ1) is 30.7. The number of sulfonamides is 1. The number of sulfone groups is 1. The number of hydrogen-bond acceptors (Lipinski definition) is 7. The number of benzene rings is 1. The Morgan fingerprint density at radius 3 is 2.28 bits per heavy atom. The van der Waals surface area contributed by atoms with Crippen molar-refractivity contribution in [2.24, 2.45) is 5.92 Å². The molecule has 1 amide bonds. The van der Waals surface area contributed by atoms with E-state index in [9.17, 15) is 21.6 Å². The van der Waals surface area contributed by atoms with Crippen molar-refractivity contribution in [2.75, 3.05) is 6.26 Å². The molecule has 0 bridgehead atoms. The lowest BCUT2D eigenvalue weighted by Gasteiger charge is -2.34. The van der Waals surface area contributed by atoms with Crippen LogP contribution in [0.4, 0.5) is 0 Å². The molecule has 13 heteroatoms. The number of hydrogen-bond donors (Lipinski definition) is 2. The maximum absolute atomic E-state index is 13.1. The molecule has 2 fully saturated rings. The quantitative estimate of drug-likeness (QED) is 0.388. The predicted molar refractivity (Wildman–Crippen MR) is 157 cm³/mol. The van der Waals surface area contributed by atoms with Crippen LogP contribution in [0, 0.1) is 5.92 Å². The van der Waals surface area contributed by atoms with Crippen molar-refractivity contribution in [1.82, 2.24) is 15.0 Å². The van der Waals surface area contributed by atoms with Crippen molar-refractivity contribution in [1.29, 1.82) is 0 Å². The summed E-state index contributed by atoms with van der Waals surface area (Å²) < 4.78 is 52.0. The van der Waals surface area contributed by atoms with Crippen LogP contribution >= 0.6 is 34.5 Å². The zero-order chi connectivity index (χ0) is 28.8. The molecule has 2 aliphatic carbocycles. The van der Waals surface area contributed by atoms with Crippen LogP contribution in [0.5, 0.6) is 0 Å². The molecule has 0 radical (unpaired) electrons. The van der Waals surface area contributed by atoms with Crippen LogP contribution in [0.15, 0.2) is 17.0 Å². The number of nitrogens with zero attached hydrogens (tertiary/aromatic N) is 1. The number of rotatable bonds is 8. The van der Waals surface area contributed by atoms with Gasteiger partial charge in [-0.15, -0.1) is 11.3 Å². The van der Waals surface area contributed by atoms with E-state index in [1.54, 1.807) is 26.8 Å². The molecule has 39 heavy (non-hydrogen) atoms. The second-order valence-electron chi connectivity index (χ2n) is 11.7. The van der Waals surface area contributed by atoms with Crippen molar-refractivity contribution >= 4 is 60.3 Å². The summed E-state index contributed by atoms with van der Waals surface area (Å²) in [6.07, 6.45) is 8.35. The van der Waals surface area contributed by atoms with Crippen molar-refractivity contribution in [2.45, 2.75) is 93.9 Å². The predicted octanol–water partition coefficient (Wildman–Crippen LogP) is 5.62. The third-order valence-corrected chi connectivity index (χ3v) is 12.7. The molecule has 0 aliphatic heterocycles. The lowest BCUT2D eigenvalue weighted by Crippen LogP contribution is -2.49. The number of amides is 1. The van der Waals surface area contributed by atoms with Gasteiger partial charge < -0.3 is 5.32 Å². The fraction of sp³-hybridized carbons (Fsp3) is 0.615. The van der Waals surface area contributed by atoms with Crippen LogP contribution in [0.1, 0.15) is 81.2 Å². The molecule has 1 aromatic heterocycles. The zero-order valence-electron chi connectivity index (χ0n) is 22.5. The minimum atomic E-state index is -3.92. The highest BCUT2D eigenvalue weighted by atomic mass is 35.5. The highest BCUT2D eigenvalue weighted by molar-refractivity contribution is 7.91. The Hall–Kier alpha value is -1.24. The molecule has 0 unspecified atom stereocenters. The SMILES string of the molecule is CC(C)(C)NS(=O)(=O)c1ccc(-c2sc(C(=O)N[C@H]3C[C@@H](S(C)(=O)=O)C3)nc2CC2CCCCC2)c(Cl)c1Cl. The summed E-state index contributed by atoms with van der Waals surface area (Å²) in [6.45, 7) is 5.21. The lowest BCUT2D eigenvalue weighted by atomic mass is 9.85. The van der Waals surface area contributed by atoms with Gasteiger partial charge in [0.05, 0.1) is 25.9 Å². The molecule has 0 atom stereocenters. The monoisotopic (exact) mass is 635 g/mol. The van der Waals surface area contributed by atoms with E-state index in [0.717, 1.165) is 31.4 Å². The second kappa shape index (κ2) is 11.6. The van der Waals surface area contributed by atoms with Gasteiger partial charge in [-0.1, -0.05) is 61.4 Å². The third-order valence-electron chi connectivity index (χ3n) is 7.16. The van der Waals surface area contributed by atoms with Crippen LogP contribution in [-0.4, -0.2) is 50.8 Å². The molecular weight excluding hydrogens is 601 g/mol. The Morgan fingerprint density at radius 2 is 1.69 bits per heavy atom. The van der Waals surface area contributed by atoms with Crippen LogP contribution in [0.2, 0.25) is 10.0 Å². The lowest BCUT2D eigenvalue weighted by molar-refractivity contribution is 0.0917. The van der Waals surface area contributed by atoms with E-state index in [-0.39, 0.29) is 31.9 Å². The molecular formula is C26H35Cl2N3O5S3. The van der Waals surface area contributed by atoms with Gasteiger partial charge in [-0.3, -0.25) is 4.79 Å². The maximum Gasteiger partial charge on any atom is 0.280 e. The Kier molecular flexibility index (Phi) is 9.11. The fourth-order valence-corrected chi connectivity index (χ4v) is 9.65. The van der Waals surface area contributed by atoms with Gasteiger partial charge in [0.2, 0.25) is 10.0 Å². The smallest absolute Gasteiger partial charge is 0.280 e. The van der Waals surface area contributed by atoms with E-state index in [1.807, 2.05) is 0 Å². The van der Waals surface area contributed by atoms with Crippen LogP contribution in [0.3, 0.4) is 0 Å². The van der Waals surface area contributed by atoms with Crippen LogP contribution in [0.25, 0.3) is 10.4 Å². The van der Waals surface area contributed by atoms with Crippen molar-refractivity contribution < 1.29 is 21.6 Å². The average Bonchev–Trinajstić information content (AvgIpc) is 3.19. The minimum absolute atomic E-state index is 0.0870. The standard InChI is InChI=1S/C26H35Cl2N3O5S3/c1-26(2,3)31-39(35,36)20-11-10-18(21(27)22(20)28)23-19(12-15-8-6-5-7-9-15)30-25(37-23)24(32)29-16-13-17(14-16)38(4,33)34/h10-11,15-17,31H,5-9,12-14H2,1-4H3,(H,29,32)/t16-,17+. The highest BCUT2D eigenvalue weighted by Gasteiger charge is 2.37. The third kappa shape index (κ3) is 7.35. The summed E-state index contributed by atoms with van der Waals surface area (Å²) in [5, 5.41) is 2.73. The molecule has 2 aliphatic rings. The maximum atomic E-state index is 13.1. The average molecular weight is 637 g/mol. The summed E-state index contributed by atoms with van der Waals surface area (Å²) >= 11 is 14.4. The number of nitrogens with one attached hydrogen (secondary N) is 2. The van der Waals surface area contributed by atoms with Gasteiger partial charge in [-0.25, -0.2) is 26.5 Å². The first-order chi connectivity index (χ1) is 18.0. The van der Waals surface area contributed by atoms with Gasteiger partial charge in [0.15, 0.2) is 5.01 Å². The summed E-state index contributed by atoms with van der Waals surface area (Å²) in [7, 11) is -7.05. The minimum Gasteiger partial charge on any atom is -0.347 e. The van der Waals surface area contributed by atoms with E-state index in [2.05, 4.69) is 10.0 Å². The summed E-state index contributed by atoms with van der Waals surface area (Å²) in [4.78, 5) is 18.4. The largest absolute Gasteiger partial charge is 0.347 e. The van der Waals surface area contributed by atoms with Crippen molar-refractivity contribution in [3.05, 3.63) is 32.9 Å². The van der Waals surface area contributed by atoms with E-state index in [1.165, 1.54) is 30.1 Å². The molecule has 2 aromatic rings. The molecule has 8 nitrogen and oxygen atoms in total. The first-order valence-corrected chi connectivity index (χ1v) is 18.1. The van der Waals surface area contributed by atoms with Gasteiger partial charge in [-0.05, 0) is 52.0 Å². The molecule has 0 spiro atoms. The van der Waals surface area contributed by atoms with Gasteiger partial charge in [0.25, 0.3) is 5.91 Å².